The van der Waals surface area contributed by atoms with Gasteiger partial charge in [0.1, 0.15) is 5.82 Å². The number of hydrogen-bond acceptors (Lipinski definition) is 4. The van der Waals surface area contributed by atoms with Crippen molar-refractivity contribution in [3.8, 4) is 0 Å². The fourth-order valence-electron chi connectivity index (χ4n) is 3.61. The van der Waals surface area contributed by atoms with Gasteiger partial charge in [0.2, 0.25) is 5.91 Å². The van der Waals surface area contributed by atoms with Crippen LogP contribution in [0.2, 0.25) is 0 Å². The number of carbonyl (C=O) groups excluding carboxylic acids is 2. The lowest BCUT2D eigenvalue weighted by Crippen LogP contribution is -2.49. The fraction of sp³-hybridized carbons (Fsp3) is 0.688. The first-order valence-electron chi connectivity index (χ1n) is 8.71. The molecule has 1 aliphatic carbocycles. The molecule has 1 saturated carbocycles. The van der Waals surface area contributed by atoms with Gasteiger partial charge in [-0.15, -0.1) is 0 Å². The number of hydrogen-bond donors (Lipinski definition) is 1. The average Bonchev–Trinajstić information content (AvgIpc) is 3.15. The fourth-order valence-corrected chi connectivity index (χ4v) is 3.61. The van der Waals surface area contributed by atoms with Crippen molar-refractivity contribution in [1.82, 2.24) is 14.7 Å². The van der Waals surface area contributed by atoms with E-state index in [1.165, 1.54) is 10.9 Å². The molecular formula is C16H18F6N4O3. The van der Waals surface area contributed by atoms with Gasteiger partial charge < -0.3 is 15.0 Å². The summed E-state index contributed by atoms with van der Waals surface area (Å²) in [4.78, 5) is 25.0. The number of nitrogens with one attached hydrogen (secondary N) is 1. The molecule has 1 aromatic rings. The van der Waals surface area contributed by atoms with E-state index < -0.39 is 30.0 Å². The van der Waals surface area contributed by atoms with E-state index in [1.54, 1.807) is 13.1 Å². The lowest BCUT2D eigenvalue weighted by Gasteiger charge is -2.33. The number of anilines is 1. The number of halogens is 6. The van der Waals surface area contributed by atoms with Gasteiger partial charge in [0.15, 0.2) is 0 Å². The molecule has 29 heavy (non-hydrogen) atoms. The Bertz CT molecular complexity index is 768. The number of alkyl halides is 6. The molecule has 1 aliphatic heterocycles. The quantitative estimate of drug-likeness (QED) is 0.751. The predicted octanol–water partition coefficient (Wildman–Crippen LogP) is 3.09. The number of likely N-dealkylation sites (tertiary alicyclic amines) is 1. The summed E-state index contributed by atoms with van der Waals surface area (Å²) in [6.07, 6.45) is -14.7. The number of aromatic nitrogens is 2. The van der Waals surface area contributed by atoms with E-state index in [0.717, 1.165) is 4.90 Å². The van der Waals surface area contributed by atoms with Gasteiger partial charge in [-0.2, -0.15) is 31.4 Å². The molecule has 1 N–H and O–H groups in total. The van der Waals surface area contributed by atoms with Crippen LogP contribution in [0.5, 0.6) is 0 Å². The first-order chi connectivity index (χ1) is 13.3. The summed E-state index contributed by atoms with van der Waals surface area (Å²) < 4.78 is 80.4. The summed E-state index contributed by atoms with van der Waals surface area (Å²) in [5.41, 5.74) is -0.410. The maximum atomic E-state index is 12.5. The standard InChI is InChI=1S/C16H18F6N4O3/c1-25-10(2-5-23-25)24-11(27)9-8-14(9)3-6-26(7-4-14)13(28)29-12(15(17,18)19)16(20,21)22/h2,5,9,12H,3-4,6-8H2,1H3,(H,24,27)/t9-/m0/s1. The number of ether oxygens (including phenoxy) is 1. The highest BCUT2D eigenvalue weighted by Gasteiger charge is 2.61. The topological polar surface area (TPSA) is 76.5 Å². The van der Waals surface area contributed by atoms with Crippen molar-refractivity contribution in [2.45, 2.75) is 37.7 Å². The van der Waals surface area contributed by atoms with E-state index in [0.29, 0.717) is 12.2 Å². The molecule has 0 unspecified atom stereocenters. The molecule has 1 atom stereocenters. The molecule has 2 fully saturated rings. The summed E-state index contributed by atoms with van der Waals surface area (Å²) in [6, 6.07) is 1.61. The Morgan fingerprint density at radius 3 is 2.28 bits per heavy atom. The molecule has 0 aromatic carbocycles. The highest BCUT2D eigenvalue weighted by Crippen LogP contribution is 2.59. The van der Waals surface area contributed by atoms with Crippen LogP contribution in [0.15, 0.2) is 12.3 Å². The molecule has 3 rings (SSSR count). The number of amides is 2. The minimum absolute atomic E-state index is 0.0865. The van der Waals surface area contributed by atoms with Gasteiger partial charge in [-0.3, -0.25) is 9.48 Å². The van der Waals surface area contributed by atoms with Crippen LogP contribution in [0.1, 0.15) is 19.3 Å². The Balaban J connectivity index is 1.53. The summed E-state index contributed by atoms with van der Waals surface area (Å²) in [5.74, 6) is -0.0732. The number of carbonyl (C=O) groups is 2. The van der Waals surface area contributed by atoms with E-state index in [2.05, 4.69) is 15.2 Å². The Kier molecular flexibility index (Phi) is 5.20. The van der Waals surface area contributed by atoms with Crippen LogP contribution in [0.4, 0.5) is 37.0 Å². The summed E-state index contributed by atoms with van der Waals surface area (Å²) in [7, 11) is 1.65. The maximum absolute atomic E-state index is 12.5. The molecule has 0 radical (unpaired) electrons. The minimum Gasteiger partial charge on any atom is -0.426 e. The van der Waals surface area contributed by atoms with Gasteiger partial charge in [-0.05, 0) is 24.7 Å². The van der Waals surface area contributed by atoms with Gasteiger partial charge in [0.25, 0.3) is 6.10 Å². The van der Waals surface area contributed by atoms with Crippen molar-refractivity contribution in [3.63, 3.8) is 0 Å². The van der Waals surface area contributed by atoms with Crippen molar-refractivity contribution in [2.75, 3.05) is 18.4 Å². The summed E-state index contributed by atoms with van der Waals surface area (Å²) >= 11 is 0. The lowest BCUT2D eigenvalue weighted by molar-refractivity contribution is -0.308. The summed E-state index contributed by atoms with van der Waals surface area (Å²) in [6.45, 7) is -0.173. The van der Waals surface area contributed by atoms with Gasteiger partial charge in [-0.25, -0.2) is 4.79 Å². The third-order valence-corrected chi connectivity index (χ3v) is 5.41. The number of aryl methyl sites for hydroxylation is 1. The van der Waals surface area contributed by atoms with Crippen molar-refractivity contribution in [1.29, 1.82) is 0 Å². The van der Waals surface area contributed by atoms with Gasteiger partial charge in [-0.1, -0.05) is 0 Å². The number of piperidine rings is 1. The molecule has 1 saturated heterocycles. The Hall–Kier alpha value is -2.47. The predicted molar refractivity (Wildman–Crippen MR) is 85.6 cm³/mol. The van der Waals surface area contributed by atoms with E-state index in [-0.39, 0.29) is 37.8 Å². The lowest BCUT2D eigenvalue weighted by atomic mass is 9.91. The number of rotatable bonds is 3. The summed E-state index contributed by atoms with van der Waals surface area (Å²) in [5, 5.41) is 6.65. The van der Waals surface area contributed by atoms with Crippen LogP contribution in [-0.4, -0.2) is 58.2 Å². The number of nitrogens with zero attached hydrogens (tertiary/aromatic N) is 3. The second-order valence-corrected chi connectivity index (χ2v) is 7.28. The zero-order valence-corrected chi connectivity index (χ0v) is 15.2. The maximum Gasteiger partial charge on any atom is 0.434 e. The molecule has 7 nitrogen and oxygen atoms in total. The molecule has 2 amide bonds. The molecule has 2 heterocycles. The van der Waals surface area contributed by atoms with E-state index in [9.17, 15) is 35.9 Å². The van der Waals surface area contributed by atoms with Crippen molar-refractivity contribution < 1.29 is 40.7 Å². The Morgan fingerprint density at radius 1 is 1.21 bits per heavy atom. The van der Waals surface area contributed by atoms with Crippen LogP contribution < -0.4 is 5.32 Å². The van der Waals surface area contributed by atoms with E-state index in [1.807, 2.05) is 0 Å². The molecule has 162 valence electrons. The van der Waals surface area contributed by atoms with E-state index in [4.69, 9.17) is 0 Å². The van der Waals surface area contributed by atoms with Crippen LogP contribution in [0.25, 0.3) is 0 Å². The normalized spacial score (nSPS) is 21.4. The first kappa shape index (κ1) is 21.2. The van der Waals surface area contributed by atoms with Crippen LogP contribution in [-0.2, 0) is 16.6 Å². The monoisotopic (exact) mass is 428 g/mol. The van der Waals surface area contributed by atoms with Crippen LogP contribution in [0.3, 0.4) is 0 Å². The Labute approximate surface area is 161 Å². The largest absolute Gasteiger partial charge is 0.434 e. The zero-order chi connectivity index (χ0) is 21.6. The molecule has 2 aliphatic rings. The molecule has 13 heteroatoms. The molecule has 0 bridgehead atoms. The Morgan fingerprint density at radius 2 is 1.79 bits per heavy atom. The molecular weight excluding hydrogens is 410 g/mol. The minimum atomic E-state index is -5.75. The third kappa shape index (κ3) is 4.42. The van der Waals surface area contributed by atoms with Gasteiger partial charge >= 0.3 is 18.4 Å². The van der Waals surface area contributed by atoms with Gasteiger partial charge in [0.05, 0.1) is 6.20 Å². The SMILES string of the molecule is Cn1nccc1NC(=O)[C@@H]1CC12CCN(C(=O)OC(C(F)(F)F)C(F)(F)F)CC2. The van der Waals surface area contributed by atoms with Crippen LogP contribution in [0, 0.1) is 11.3 Å². The second kappa shape index (κ2) is 7.10. The van der Waals surface area contributed by atoms with Crippen LogP contribution >= 0.6 is 0 Å². The van der Waals surface area contributed by atoms with Crippen molar-refractivity contribution in [2.24, 2.45) is 18.4 Å². The zero-order valence-electron chi connectivity index (χ0n) is 15.2. The highest BCUT2D eigenvalue weighted by molar-refractivity contribution is 5.94. The highest BCUT2D eigenvalue weighted by atomic mass is 19.4. The first-order valence-corrected chi connectivity index (χ1v) is 8.71. The smallest absolute Gasteiger partial charge is 0.426 e. The molecule has 1 aromatic heterocycles. The second-order valence-electron chi connectivity index (χ2n) is 7.28. The van der Waals surface area contributed by atoms with E-state index >= 15 is 0 Å². The third-order valence-electron chi connectivity index (χ3n) is 5.41. The van der Waals surface area contributed by atoms with Crippen molar-refractivity contribution >= 4 is 17.8 Å². The van der Waals surface area contributed by atoms with Gasteiger partial charge in [0, 0.05) is 32.1 Å². The average molecular weight is 428 g/mol. The molecule has 1 spiro atoms. The van der Waals surface area contributed by atoms with Crippen molar-refractivity contribution in [3.05, 3.63) is 12.3 Å².